The van der Waals surface area contributed by atoms with Crippen molar-refractivity contribution >= 4 is 22.8 Å². The van der Waals surface area contributed by atoms with Crippen molar-refractivity contribution in [3.8, 4) is 0 Å². The molecule has 5 nitrogen and oxygen atoms in total. The molecule has 0 unspecified atom stereocenters. The van der Waals surface area contributed by atoms with Gasteiger partial charge in [-0.15, -0.1) is 0 Å². The van der Waals surface area contributed by atoms with E-state index >= 15 is 0 Å². The van der Waals surface area contributed by atoms with Crippen LogP contribution >= 0.6 is 0 Å². The van der Waals surface area contributed by atoms with Gasteiger partial charge in [-0.25, -0.2) is 4.79 Å². The summed E-state index contributed by atoms with van der Waals surface area (Å²) >= 11 is 0. The summed E-state index contributed by atoms with van der Waals surface area (Å²) in [6.07, 6.45) is 0.497. The topological polar surface area (TPSA) is 69.6 Å². The van der Waals surface area contributed by atoms with Crippen LogP contribution in [0, 0.1) is 0 Å². The van der Waals surface area contributed by atoms with Crippen LogP contribution in [0.1, 0.15) is 18.4 Å². The van der Waals surface area contributed by atoms with Crippen LogP contribution in [-0.2, 0) is 11.3 Å². The first-order chi connectivity index (χ1) is 10.6. The minimum atomic E-state index is -0.849. The Balaban J connectivity index is 1.94. The van der Waals surface area contributed by atoms with E-state index in [0.29, 0.717) is 19.5 Å². The van der Waals surface area contributed by atoms with E-state index in [0.717, 1.165) is 16.3 Å². The second-order valence-corrected chi connectivity index (χ2v) is 5.22. The molecular formula is C17H20N2O3. The van der Waals surface area contributed by atoms with Gasteiger partial charge in [0.2, 0.25) is 0 Å². The molecule has 2 aromatic rings. The monoisotopic (exact) mass is 300 g/mol. The van der Waals surface area contributed by atoms with Crippen molar-refractivity contribution in [3.05, 3.63) is 48.0 Å². The first-order valence-electron chi connectivity index (χ1n) is 7.25. The Kier molecular flexibility index (Phi) is 5.36. The Morgan fingerprint density at radius 1 is 1.14 bits per heavy atom. The predicted molar refractivity (Wildman–Crippen MR) is 85.7 cm³/mol. The number of carboxylic acid groups (broad SMARTS) is 1. The summed E-state index contributed by atoms with van der Waals surface area (Å²) in [7, 11) is 1.73. The molecule has 0 bridgehead atoms. The molecular weight excluding hydrogens is 280 g/mol. The van der Waals surface area contributed by atoms with Crippen LogP contribution in [0.25, 0.3) is 10.8 Å². The van der Waals surface area contributed by atoms with Crippen LogP contribution < -0.4 is 5.32 Å². The molecule has 116 valence electrons. The average Bonchev–Trinajstić information content (AvgIpc) is 2.51. The fraction of sp³-hybridized carbons (Fsp3) is 0.294. The van der Waals surface area contributed by atoms with Gasteiger partial charge in [-0.2, -0.15) is 0 Å². The van der Waals surface area contributed by atoms with Gasteiger partial charge in [-0.05, 0) is 22.8 Å². The van der Waals surface area contributed by atoms with Crippen molar-refractivity contribution in [3.63, 3.8) is 0 Å². The maximum Gasteiger partial charge on any atom is 0.317 e. The summed E-state index contributed by atoms with van der Waals surface area (Å²) in [5.41, 5.74) is 1.08. The number of urea groups is 1. The van der Waals surface area contributed by atoms with Crippen molar-refractivity contribution in [1.29, 1.82) is 0 Å². The second-order valence-electron chi connectivity index (χ2n) is 5.22. The maximum absolute atomic E-state index is 12.0. The molecule has 0 saturated heterocycles. The number of nitrogens with zero attached hydrogens (tertiary/aromatic N) is 1. The molecule has 2 amide bonds. The van der Waals surface area contributed by atoms with Gasteiger partial charge in [-0.3, -0.25) is 4.79 Å². The zero-order valence-corrected chi connectivity index (χ0v) is 12.6. The summed E-state index contributed by atoms with van der Waals surface area (Å²) in [5, 5.41) is 13.6. The second kappa shape index (κ2) is 7.45. The molecule has 0 saturated carbocycles. The first kappa shape index (κ1) is 15.8. The number of rotatable bonds is 6. The molecule has 0 aliphatic rings. The fourth-order valence-electron chi connectivity index (χ4n) is 2.33. The number of fused-ring (bicyclic) bond motifs is 1. The lowest BCUT2D eigenvalue weighted by Crippen LogP contribution is -2.37. The van der Waals surface area contributed by atoms with Gasteiger partial charge in [0.05, 0.1) is 0 Å². The Morgan fingerprint density at radius 2 is 1.86 bits per heavy atom. The highest BCUT2D eigenvalue weighted by Crippen LogP contribution is 2.19. The highest BCUT2D eigenvalue weighted by atomic mass is 16.4. The van der Waals surface area contributed by atoms with E-state index in [-0.39, 0.29) is 12.5 Å². The van der Waals surface area contributed by atoms with Crippen molar-refractivity contribution in [2.45, 2.75) is 19.4 Å². The summed E-state index contributed by atoms with van der Waals surface area (Å²) in [6.45, 7) is 0.872. The Morgan fingerprint density at radius 3 is 2.64 bits per heavy atom. The van der Waals surface area contributed by atoms with Crippen molar-refractivity contribution in [1.82, 2.24) is 10.2 Å². The SMILES string of the molecule is CN(Cc1cccc2ccccc12)C(=O)NCCCC(=O)O. The molecule has 22 heavy (non-hydrogen) atoms. The molecule has 0 aromatic heterocycles. The zero-order valence-electron chi connectivity index (χ0n) is 12.6. The number of hydrogen-bond donors (Lipinski definition) is 2. The van der Waals surface area contributed by atoms with Crippen LogP contribution in [0.15, 0.2) is 42.5 Å². The highest BCUT2D eigenvalue weighted by Gasteiger charge is 2.10. The fourth-order valence-corrected chi connectivity index (χ4v) is 2.33. The summed E-state index contributed by atoms with van der Waals surface area (Å²) in [5.74, 6) is -0.849. The normalized spacial score (nSPS) is 10.4. The van der Waals surface area contributed by atoms with Crippen molar-refractivity contribution in [2.75, 3.05) is 13.6 Å². The lowest BCUT2D eigenvalue weighted by molar-refractivity contribution is -0.137. The molecule has 5 heteroatoms. The number of carbonyl (C=O) groups excluding carboxylic acids is 1. The molecule has 2 aromatic carbocycles. The van der Waals surface area contributed by atoms with Gasteiger partial charge in [0, 0.05) is 26.6 Å². The summed E-state index contributed by atoms with van der Waals surface area (Å²) < 4.78 is 0. The number of nitrogens with one attached hydrogen (secondary N) is 1. The van der Waals surface area contributed by atoms with E-state index in [4.69, 9.17) is 5.11 Å². The third kappa shape index (κ3) is 4.22. The molecule has 0 atom stereocenters. The van der Waals surface area contributed by atoms with E-state index in [1.54, 1.807) is 11.9 Å². The molecule has 0 aliphatic carbocycles. The Bertz CT molecular complexity index is 665. The van der Waals surface area contributed by atoms with Gasteiger partial charge >= 0.3 is 12.0 Å². The number of benzene rings is 2. The van der Waals surface area contributed by atoms with Crippen LogP contribution in [0.3, 0.4) is 0 Å². The van der Waals surface area contributed by atoms with E-state index in [2.05, 4.69) is 5.32 Å². The third-order valence-electron chi connectivity index (χ3n) is 3.48. The molecule has 2 rings (SSSR count). The largest absolute Gasteiger partial charge is 0.481 e. The number of amides is 2. The van der Waals surface area contributed by atoms with Gasteiger partial charge in [0.25, 0.3) is 0 Å². The smallest absolute Gasteiger partial charge is 0.317 e. The number of carboxylic acids is 1. The molecule has 0 heterocycles. The predicted octanol–water partition coefficient (Wildman–Crippen LogP) is 2.85. The van der Waals surface area contributed by atoms with Crippen molar-refractivity contribution in [2.24, 2.45) is 0 Å². The molecule has 0 radical (unpaired) electrons. The van der Waals surface area contributed by atoms with Crippen LogP contribution in [0.4, 0.5) is 4.79 Å². The standard InChI is InChI=1S/C17H20N2O3/c1-19(17(22)18-11-5-10-16(20)21)12-14-8-4-7-13-6-2-3-9-15(13)14/h2-4,6-9H,5,10-12H2,1H3,(H,18,22)(H,20,21). The van der Waals surface area contributed by atoms with Crippen molar-refractivity contribution < 1.29 is 14.7 Å². The van der Waals surface area contributed by atoms with Gasteiger partial charge in [-0.1, -0.05) is 42.5 Å². The molecule has 0 aliphatic heterocycles. The number of carbonyl (C=O) groups is 2. The number of aliphatic carboxylic acids is 1. The minimum Gasteiger partial charge on any atom is -0.481 e. The van der Waals surface area contributed by atoms with E-state index in [9.17, 15) is 9.59 Å². The molecule has 0 fully saturated rings. The highest BCUT2D eigenvalue weighted by molar-refractivity contribution is 5.86. The van der Waals surface area contributed by atoms with Crippen LogP contribution in [0.5, 0.6) is 0 Å². The first-order valence-corrected chi connectivity index (χ1v) is 7.25. The minimum absolute atomic E-state index is 0.0628. The van der Waals surface area contributed by atoms with Crippen LogP contribution in [-0.4, -0.2) is 35.6 Å². The molecule has 0 spiro atoms. The Labute approximate surface area is 129 Å². The van der Waals surface area contributed by atoms with Gasteiger partial charge in [0.15, 0.2) is 0 Å². The van der Waals surface area contributed by atoms with Crippen LogP contribution in [0.2, 0.25) is 0 Å². The molecule has 2 N–H and O–H groups in total. The van der Waals surface area contributed by atoms with E-state index in [1.165, 1.54) is 0 Å². The van der Waals surface area contributed by atoms with E-state index < -0.39 is 5.97 Å². The van der Waals surface area contributed by atoms with E-state index in [1.807, 2.05) is 42.5 Å². The van der Waals surface area contributed by atoms with Gasteiger partial charge in [0.1, 0.15) is 0 Å². The summed E-state index contributed by atoms with van der Waals surface area (Å²) in [6, 6.07) is 13.9. The third-order valence-corrected chi connectivity index (χ3v) is 3.48. The lowest BCUT2D eigenvalue weighted by Gasteiger charge is -2.19. The summed E-state index contributed by atoms with van der Waals surface area (Å²) in [4.78, 5) is 24.0. The Hall–Kier alpha value is -2.56. The maximum atomic E-state index is 12.0. The quantitative estimate of drug-likeness (QED) is 0.806. The lowest BCUT2D eigenvalue weighted by atomic mass is 10.0. The average molecular weight is 300 g/mol. The van der Waals surface area contributed by atoms with Gasteiger partial charge < -0.3 is 15.3 Å². The number of hydrogen-bond acceptors (Lipinski definition) is 2. The zero-order chi connectivity index (χ0) is 15.9.